The highest BCUT2D eigenvalue weighted by atomic mass is 35.5. The molecular formula is C39H45ClF2N14O5S2. The number of halogens is 3. The van der Waals surface area contributed by atoms with Crippen LogP contribution in [0.25, 0.3) is 0 Å². The Bertz CT molecular complexity index is 2890. The molecule has 2 aromatic carbocycles. The number of nitrogen functional groups attached to an aromatic ring is 2. The molecule has 6 aromatic rings. The van der Waals surface area contributed by atoms with Crippen LogP contribution >= 0.6 is 11.6 Å². The predicted octanol–water partition coefficient (Wildman–Crippen LogP) is 6.27. The third-order valence-electron chi connectivity index (χ3n) is 8.37. The Morgan fingerprint density at radius 1 is 0.635 bits per heavy atom. The molecule has 0 aliphatic carbocycles. The van der Waals surface area contributed by atoms with E-state index in [2.05, 4.69) is 51.2 Å². The van der Waals surface area contributed by atoms with Gasteiger partial charge in [0.05, 0.1) is 22.2 Å². The number of aryl methyl sites for hydroxylation is 4. The van der Waals surface area contributed by atoms with Crippen molar-refractivity contribution in [2.45, 2.75) is 58.3 Å². The van der Waals surface area contributed by atoms with Gasteiger partial charge in [0.25, 0.3) is 0 Å². The largest absolute Gasteiger partial charge is 0.399 e. The topological polar surface area (TPSA) is 315 Å². The zero-order valence-electron chi connectivity index (χ0n) is 34.9. The first-order valence-corrected chi connectivity index (χ1v) is 21.7. The third-order valence-corrected chi connectivity index (χ3v) is 10.7. The number of amides is 1. The van der Waals surface area contributed by atoms with Crippen molar-refractivity contribution < 1.29 is 30.4 Å². The van der Waals surface area contributed by atoms with E-state index in [-0.39, 0.29) is 38.6 Å². The first-order chi connectivity index (χ1) is 29.2. The Kier molecular flexibility index (Phi) is 15.6. The van der Waals surface area contributed by atoms with Crippen LogP contribution in [0.3, 0.4) is 0 Å². The molecule has 0 atom stereocenters. The first-order valence-electron chi connectivity index (χ1n) is 18.3. The van der Waals surface area contributed by atoms with Crippen LogP contribution in [0.15, 0.2) is 82.8 Å². The van der Waals surface area contributed by atoms with Crippen LogP contribution < -0.4 is 43.0 Å². The second-order valence-electron chi connectivity index (χ2n) is 14.7. The van der Waals surface area contributed by atoms with Crippen LogP contribution in [0.1, 0.15) is 43.0 Å². The summed E-state index contributed by atoms with van der Waals surface area (Å²) in [6.07, 6.45) is 1.94. The minimum atomic E-state index is -3.88. The van der Waals surface area contributed by atoms with Crippen molar-refractivity contribution in [3.05, 3.63) is 112 Å². The maximum Gasteiger partial charge on any atom is 0.238 e. The number of primary sulfonamides is 2. The lowest BCUT2D eigenvalue weighted by molar-refractivity contribution is -0.123. The van der Waals surface area contributed by atoms with E-state index in [0.29, 0.717) is 45.8 Å². The smallest absolute Gasteiger partial charge is 0.238 e. The molecule has 0 radical (unpaired) electrons. The molecule has 0 saturated carbocycles. The summed E-state index contributed by atoms with van der Waals surface area (Å²) in [6.45, 7) is 12.3. The molecule has 0 aliphatic heterocycles. The van der Waals surface area contributed by atoms with E-state index < -0.39 is 37.1 Å². The van der Waals surface area contributed by atoms with Crippen molar-refractivity contribution in [1.82, 2.24) is 29.9 Å². The van der Waals surface area contributed by atoms with Gasteiger partial charge in [-0.3, -0.25) is 4.79 Å². The molecule has 6 rings (SSSR count). The van der Waals surface area contributed by atoms with E-state index in [4.69, 9.17) is 33.3 Å². The van der Waals surface area contributed by atoms with E-state index in [9.17, 15) is 30.4 Å². The van der Waals surface area contributed by atoms with Crippen LogP contribution in [-0.2, 0) is 24.8 Å². The fraction of sp³-hybridized carbons (Fsp3) is 0.205. The first kappa shape index (κ1) is 49.0. The Labute approximate surface area is 367 Å². The maximum absolute atomic E-state index is 14.1. The highest BCUT2D eigenvalue weighted by molar-refractivity contribution is 7.89. The molecular weight excluding hydrogens is 882 g/mol. The minimum Gasteiger partial charge on any atom is -0.399 e. The van der Waals surface area contributed by atoms with Crippen molar-refractivity contribution in [2.24, 2.45) is 15.7 Å². The van der Waals surface area contributed by atoms with Gasteiger partial charge in [0.1, 0.15) is 23.3 Å². The van der Waals surface area contributed by atoms with Gasteiger partial charge in [0.2, 0.25) is 37.2 Å². The van der Waals surface area contributed by atoms with Gasteiger partial charge in [-0.1, -0.05) is 45.0 Å². The van der Waals surface area contributed by atoms with Crippen LogP contribution in [0.5, 0.6) is 0 Å². The number of benzene rings is 2. The van der Waals surface area contributed by atoms with Crippen LogP contribution in [0.4, 0.5) is 61.0 Å². The molecule has 19 nitrogen and oxygen atoms in total. The molecule has 0 saturated heterocycles. The van der Waals surface area contributed by atoms with E-state index in [0.717, 1.165) is 23.5 Å². The SMILES string of the molecule is Cc1ccc(N)cc1S(N)(=O)=O.Cc1ccc(Nc2nc(Cl)ncc2F)nc1NC(=O)C(C)(C)C.Cc1ccc(Nc2ncc(F)c(Nc3ccc(C)c(N)n3)n2)cc1S(N)(=O)=O. The molecule has 0 aliphatic rings. The summed E-state index contributed by atoms with van der Waals surface area (Å²) in [4.78, 5) is 35.7. The molecule has 12 N–H and O–H groups in total. The zero-order chi connectivity index (χ0) is 47.0. The van der Waals surface area contributed by atoms with Crippen molar-refractivity contribution in [3.63, 3.8) is 0 Å². The lowest BCUT2D eigenvalue weighted by atomic mass is 9.96. The number of pyridine rings is 2. The highest BCUT2D eigenvalue weighted by Gasteiger charge is 2.22. The van der Waals surface area contributed by atoms with Gasteiger partial charge in [-0.05, 0) is 97.9 Å². The number of rotatable bonds is 9. The van der Waals surface area contributed by atoms with E-state index >= 15 is 0 Å². The van der Waals surface area contributed by atoms with Crippen LogP contribution in [-0.4, -0.2) is 52.6 Å². The third kappa shape index (κ3) is 14.2. The number of anilines is 9. The van der Waals surface area contributed by atoms with Crippen molar-refractivity contribution in [1.29, 1.82) is 0 Å². The number of nitrogens with one attached hydrogen (secondary N) is 4. The number of hydrogen-bond donors (Lipinski definition) is 8. The minimum absolute atomic E-state index is 0.0303. The fourth-order valence-corrected chi connectivity index (χ4v) is 6.62. The zero-order valence-corrected chi connectivity index (χ0v) is 37.3. The second kappa shape index (κ2) is 20.0. The van der Waals surface area contributed by atoms with Gasteiger partial charge in [-0.2, -0.15) is 9.97 Å². The number of nitrogens with zero attached hydrogens (tertiary/aromatic N) is 6. The fourth-order valence-electron chi connectivity index (χ4n) is 4.86. The van der Waals surface area contributed by atoms with Crippen LogP contribution in [0, 0.1) is 44.7 Å². The molecule has 0 bridgehead atoms. The molecule has 4 aromatic heterocycles. The Morgan fingerprint density at radius 3 is 1.70 bits per heavy atom. The monoisotopic (exact) mass is 926 g/mol. The number of hydrogen-bond acceptors (Lipinski definition) is 16. The lowest BCUT2D eigenvalue weighted by Gasteiger charge is -2.18. The van der Waals surface area contributed by atoms with Crippen molar-refractivity contribution in [2.75, 3.05) is 32.7 Å². The van der Waals surface area contributed by atoms with Gasteiger partial charge in [-0.25, -0.2) is 55.8 Å². The molecule has 1 amide bonds. The Morgan fingerprint density at radius 2 is 1.14 bits per heavy atom. The molecule has 24 heteroatoms. The normalized spacial score (nSPS) is 11.3. The number of carbonyl (C=O) groups excluding carboxylic acids is 1. The highest BCUT2D eigenvalue weighted by Crippen LogP contribution is 2.25. The number of nitrogens with two attached hydrogens (primary N) is 4. The average molecular weight is 927 g/mol. The van der Waals surface area contributed by atoms with Gasteiger partial charge < -0.3 is 32.7 Å². The van der Waals surface area contributed by atoms with Crippen LogP contribution in [0.2, 0.25) is 5.28 Å². The maximum atomic E-state index is 14.1. The number of sulfonamides is 2. The summed E-state index contributed by atoms with van der Waals surface area (Å²) < 4.78 is 72.9. The molecule has 0 spiro atoms. The van der Waals surface area contributed by atoms with Gasteiger partial charge in [0.15, 0.2) is 23.3 Å². The van der Waals surface area contributed by atoms with Gasteiger partial charge >= 0.3 is 0 Å². The summed E-state index contributed by atoms with van der Waals surface area (Å²) >= 11 is 5.65. The van der Waals surface area contributed by atoms with E-state index in [1.54, 1.807) is 90.1 Å². The van der Waals surface area contributed by atoms with Gasteiger partial charge in [-0.15, -0.1) is 0 Å². The average Bonchev–Trinajstić information content (AvgIpc) is 3.18. The summed E-state index contributed by atoms with van der Waals surface area (Å²) in [5.41, 5.74) is 14.1. The molecule has 4 heterocycles. The molecule has 334 valence electrons. The number of carbonyl (C=O) groups is 1. The van der Waals surface area contributed by atoms with Crippen molar-refractivity contribution >= 4 is 89.8 Å². The molecule has 63 heavy (non-hydrogen) atoms. The standard InChI is InChI=1S/C17H18FN7O2S.C15H17ClFN5O.C7H10N2O2S/c1-9-3-5-11(7-13(9)28(20,26)27)22-17-21-8-12(18)16(25-17)24-14-6-4-10(2)15(19)23-14;1-8-5-6-10(19-11(8)21-13(23)15(2,3)4)20-12-9(17)7-18-14(16)22-12;1-5-2-3-6(8)4-7(5)12(9,10)11/h3-8H,1-2H3,(H2,20,26,27)(H4,19,21,22,23,24,25);5-7H,1-4H3,(H2,18,19,20,21,22,23);2-4H,8H2,1H3,(H2,9,10,11). The Balaban J connectivity index is 0.000000223. The molecule has 0 unspecified atom stereocenters. The predicted molar refractivity (Wildman–Crippen MR) is 239 cm³/mol. The summed E-state index contributed by atoms with van der Waals surface area (Å²) in [7, 11) is -7.52. The quantitative estimate of drug-likeness (QED) is 0.0585. The van der Waals surface area contributed by atoms with Crippen molar-refractivity contribution in [3.8, 4) is 0 Å². The van der Waals surface area contributed by atoms with E-state index in [1.165, 1.54) is 12.1 Å². The summed E-state index contributed by atoms with van der Waals surface area (Å²) in [5, 5.41) is 21.1. The lowest BCUT2D eigenvalue weighted by Crippen LogP contribution is -2.28. The second-order valence-corrected chi connectivity index (χ2v) is 18.1. The summed E-state index contributed by atoms with van der Waals surface area (Å²) in [5.74, 6) is -0.315. The van der Waals surface area contributed by atoms with E-state index in [1.807, 2.05) is 6.92 Å². The summed E-state index contributed by atoms with van der Waals surface area (Å²) in [6, 6.07) is 16.0. The van der Waals surface area contributed by atoms with Gasteiger partial charge in [0, 0.05) is 16.8 Å². The Hall–Kier alpha value is -6.66. The number of aromatic nitrogens is 6. The molecule has 0 fully saturated rings.